The number of aromatic hydroxyl groups is 2. The number of methoxy groups -OCH3 is 1. The first-order valence-corrected chi connectivity index (χ1v) is 16.1. The van der Waals surface area contributed by atoms with E-state index in [1.807, 2.05) is 0 Å². The number of hydrazone groups is 1. The first-order valence-electron chi connectivity index (χ1n) is 15.3. The van der Waals surface area contributed by atoms with Crippen LogP contribution < -0.4 is 15.9 Å². The zero-order valence-electron chi connectivity index (χ0n) is 26.9. The van der Waals surface area contributed by atoms with E-state index in [1.165, 1.54) is 50.4 Å². The normalized spacial score (nSPS) is 25.9. The fourth-order valence-corrected chi connectivity index (χ4v) is 6.90. The maximum Gasteiger partial charge on any atom is 0.271 e. The van der Waals surface area contributed by atoms with Gasteiger partial charge in [-0.25, -0.2) is 5.43 Å². The van der Waals surface area contributed by atoms with Gasteiger partial charge in [0.25, 0.3) is 5.91 Å². The Hall–Kier alpha value is -3.79. The van der Waals surface area contributed by atoms with Crippen LogP contribution in [0.3, 0.4) is 0 Å². The van der Waals surface area contributed by atoms with Crippen molar-refractivity contribution in [3.63, 3.8) is 0 Å². The van der Waals surface area contributed by atoms with E-state index in [2.05, 4.69) is 10.5 Å². The monoisotopic (exact) mass is 749 g/mol. The van der Waals surface area contributed by atoms with Gasteiger partial charge in [0.1, 0.15) is 22.8 Å². The van der Waals surface area contributed by atoms with Crippen molar-refractivity contribution in [2.45, 2.75) is 69.4 Å². The van der Waals surface area contributed by atoms with Crippen molar-refractivity contribution in [1.29, 1.82) is 0 Å². The molecule has 13 nitrogen and oxygen atoms in total. The maximum atomic E-state index is 13.9. The molecule has 7 N–H and O–H groups in total. The molecule has 2 aliphatic carbocycles. The van der Waals surface area contributed by atoms with Gasteiger partial charge in [-0.1, -0.05) is 35.3 Å². The largest absolute Gasteiger partial charge is 0.507 e. The number of ketones is 2. The zero-order valence-corrected chi connectivity index (χ0v) is 29.2. The number of ether oxygens (including phenoxy) is 3. The molecule has 0 saturated carbocycles. The molecule has 3 aliphatic rings. The van der Waals surface area contributed by atoms with Crippen LogP contribution in [0.2, 0.25) is 10.0 Å². The molecule has 50 heavy (non-hydrogen) atoms. The van der Waals surface area contributed by atoms with Gasteiger partial charge in [-0.2, -0.15) is 5.10 Å². The van der Waals surface area contributed by atoms with Crippen LogP contribution in [0.1, 0.15) is 86.1 Å². The molecular formula is C34H34Cl3N3O10. The second kappa shape index (κ2) is 14.1. The number of carbonyl (C=O) groups is 3. The SMILES string of the molecule is COc1cccc2c1C(=O)c1c(O)c3c(c(O)c1C2=O)C[C@@](O)(/C(C)=N/NC(=O)c1ccc(Cl)c(Cl)c1)C[C@@H]3OC1CC(N)C(O)C(C)O1.Cl. The van der Waals surface area contributed by atoms with Crippen LogP contribution in [0.4, 0.5) is 0 Å². The first-order chi connectivity index (χ1) is 23.2. The van der Waals surface area contributed by atoms with Crippen LogP contribution in [-0.2, 0) is 15.9 Å². The summed E-state index contributed by atoms with van der Waals surface area (Å²) >= 11 is 12.0. The van der Waals surface area contributed by atoms with Gasteiger partial charge < -0.3 is 40.4 Å². The van der Waals surface area contributed by atoms with Gasteiger partial charge in [0.15, 0.2) is 12.1 Å². The molecule has 0 aromatic heterocycles. The molecule has 3 aromatic rings. The van der Waals surface area contributed by atoms with Gasteiger partial charge in [-0.3, -0.25) is 14.4 Å². The van der Waals surface area contributed by atoms with Crippen molar-refractivity contribution in [1.82, 2.24) is 5.43 Å². The number of hydrogen-bond donors (Lipinski definition) is 6. The highest BCUT2D eigenvalue weighted by atomic mass is 35.5. The van der Waals surface area contributed by atoms with Crippen molar-refractivity contribution in [3.8, 4) is 17.2 Å². The van der Waals surface area contributed by atoms with Crippen molar-refractivity contribution >= 4 is 58.8 Å². The fraction of sp³-hybridized carbons (Fsp3) is 0.353. The third-order valence-corrected chi connectivity index (χ3v) is 10.1. The molecule has 0 spiro atoms. The lowest BCUT2D eigenvalue weighted by atomic mass is 9.71. The number of carbonyl (C=O) groups excluding carboxylic acids is 3. The van der Waals surface area contributed by atoms with E-state index in [0.717, 1.165) is 0 Å². The number of amides is 1. The van der Waals surface area contributed by atoms with Crippen LogP contribution >= 0.6 is 35.6 Å². The number of nitrogens with one attached hydrogen (secondary N) is 1. The Morgan fingerprint density at radius 1 is 1.08 bits per heavy atom. The molecule has 1 fully saturated rings. The molecule has 6 atom stereocenters. The lowest BCUT2D eigenvalue weighted by Crippen LogP contribution is -2.52. The zero-order chi connectivity index (χ0) is 35.5. The highest BCUT2D eigenvalue weighted by molar-refractivity contribution is 6.42. The Balaban J connectivity index is 0.00000486. The minimum absolute atomic E-state index is 0. The summed E-state index contributed by atoms with van der Waals surface area (Å²) in [6.45, 7) is 3.04. The molecule has 1 aliphatic heterocycles. The van der Waals surface area contributed by atoms with Gasteiger partial charge in [0.05, 0.1) is 57.9 Å². The topological polar surface area (TPSA) is 210 Å². The number of phenols is 2. The van der Waals surface area contributed by atoms with Crippen LogP contribution in [-0.4, -0.2) is 80.9 Å². The first kappa shape index (κ1) is 37.5. The summed E-state index contributed by atoms with van der Waals surface area (Å²) < 4.78 is 17.5. The number of nitrogens with zero attached hydrogens (tertiary/aromatic N) is 1. The van der Waals surface area contributed by atoms with Crippen LogP contribution in [0.5, 0.6) is 17.2 Å². The molecule has 266 valence electrons. The Kier molecular flexibility index (Phi) is 10.6. The minimum Gasteiger partial charge on any atom is -0.507 e. The highest BCUT2D eigenvalue weighted by Gasteiger charge is 2.49. The van der Waals surface area contributed by atoms with Gasteiger partial charge in [0.2, 0.25) is 5.78 Å². The predicted molar refractivity (Wildman–Crippen MR) is 184 cm³/mol. The average Bonchev–Trinajstić information content (AvgIpc) is 3.06. The van der Waals surface area contributed by atoms with E-state index in [9.17, 15) is 34.8 Å². The number of halogens is 3. The Morgan fingerprint density at radius 3 is 2.44 bits per heavy atom. The number of benzene rings is 3. The molecular weight excluding hydrogens is 717 g/mol. The summed E-state index contributed by atoms with van der Waals surface area (Å²) in [5.74, 6) is -3.32. The van der Waals surface area contributed by atoms with E-state index >= 15 is 0 Å². The number of hydrogen-bond acceptors (Lipinski definition) is 12. The van der Waals surface area contributed by atoms with Crippen LogP contribution in [0.25, 0.3) is 0 Å². The lowest BCUT2D eigenvalue weighted by molar-refractivity contribution is -0.245. The smallest absolute Gasteiger partial charge is 0.271 e. The summed E-state index contributed by atoms with van der Waals surface area (Å²) in [7, 11) is 1.33. The third kappa shape index (κ3) is 6.33. The fourth-order valence-electron chi connectivity index (χ4n) is 6.61. The second-order valence-electron chi connectivity index (χ2n) is 12.3. The quantitative estimate of drug-likeness (QED) is 0.0943. The molecule has 1 amide bonds. The lowest BCUT2D eigenvalue weighted by Gasteiger charge is -2.42. The Morgan fingerprint density at radius 2 is 1.78 bits per heavy atom. The number of nitrogens with two attached hydrogens (primary N) is 1. The highest BCUT2D eigenvalue weighted by Crippen LogP contribution is 2.52. The van der Waals surface area contributed by atoms with Crippen molar-refractivity contribution < 1.29 is 49.0 Å². The average molecular weight is 751 g/mol. The maximum absolute atomic E-state index is 13.9. The van der Waals surface area contributed by atoms with Crippen molar-refractivity contribution in [2.75, 3.05) is 7.11 Å². The molecule has 16 heteroatoms. The standard InChI is InChI=1S/C34H33Cl2N3O10.ClH/c1-13-28(40)20(37)10-23(48-13)49-22-12-34(46,14(2)38-39-33(45)15-7-8-18(35)19(36)9-15)11-17-25(22)32(44)27-26(30(17)42)29(41)16-5-4-6-21(47-3)24(16)31(27)43;/h4-9,13,20,22-23,28,40,42,44,46H,10-12,37H2,1-3H3,(H,39,45);1H/b38-14+;/t13?,20?,22-,23?,28?,34-;/m0./s1. The number of phenolic OH excluding ortho intramolecular Hbond substituents is 2. The number of rotatable bonds is 6. The van der Waals surface area contributed by atoms with E-state index in [4.69, 9.17) is 43.1 Å². The second-order valence-corrected chi connectivity index (χ2v) is 13.2. The van der Waals surface area contributed by atoms with Gasteiger partial charge in [-0.05, 0) is 38.1 Å². The number of aliphatic hydroxyl groups excluding tert-OH is 1. The molecule has 3 aromatic carbocycles. The summed E-state index contributed by atoms with van der Waals surface area (Å²) in [4.78, 5) is 40.6. The molecule has 1 saturated heterocycles. The predicted octanol–water partition coefficient (Wildman–Crippen LogP) is 3.97. The van der Waals surface area contributed by atoms with E-state index in [-0.39, 0.29) is 74.6 Å². The Bertz CT molecular complexity index is 1930. The van der Waals surface area contributed by atoms with E-state index < -0.39 is 82.8 Å². The summed E-state index contributed by atoms with van der Waals surface area (Å²) in [5.41, 5.74) is 5.55. The van der Waals surface area contributed by atoms with Gasteiger partial charge in [-0.15, -0.1) is 12.4 Å². The van der Waals surface area contributed by atoms with E-state index in [0.29, 0.717) is 0 Å². The molecule has 6 rings (SSSR count). The third-order valence-electron chi connectivity index (χ3n) is 9.32. The molecule has 0 bridgehead atoms. The molecule has 0 radical (unpaired) electrons. The van der Waals surface area contributed by atoms with Crippen LogP contribution in [0, 0.1) is 0 Å². The molecule has 1 heterocycles. The summed E-state index contributed by atoms with van der Waals surface area (Å²) in [5, 5.41) is 50.4. The van der Waals surface area contributed by atoms with Gasteiger partial charge in [0, 0.05) is 47.6 Å². The summed E-state index contributed by atoms with van der Waals surface area (Å²) in [6, 6.07) is 7.92. The number of aliphatic hydroxyl groups is 2. The Labute approximate surface area is 302 Å². The van der Waals surface area contributed by atoms with Crippen molar-refractivity contribution in [2.24, 2.45) is 10.8 Å². The minimum atomic E-state index is -1.94. The summed E-state index contributed by atoms with van der Waals surface area (Å²) in [6.07, 6.45) is -4.71. The number of fused-ring (bicyclic) bond motifs is 3. The van der Waals surface area contributed by atoms with E-state index in [1.54, 1.807) is 6.92 Å². The van der Waals surface area contributed by atoms with Crippen LogP contribution in [0.15, 0.2) is 41.5 Å². The van der Waals surface area contributed by atoms with Gasteiger partial charge >= 0.3 is 0 Å². The molecule has 4 unspecified atom stereocenters. The van der Waals surface area contributed by atoms with Crippen molar-refractivity contribution in [3.05, 3.63) is 85.4 Å².